The Kier molecular flexibility index (Phi) is 6.53. The van der Waals surface area contributed by atoms with E-state index in [2.05, 4.69) is 0 Å². The quantitative estimate of drug-likeness (QED) is 0.517. The lowest BCUT2D eigenvalue weighted by atomic mass is 10.3. The number of ether oxygens (including phenoxy) is 2. The molecule has 0 unspecified atom stereocenters. The average Bonchev–Trinajstić information content (AvgIpc) is 3.21. The number of anilines is 1. The summed E-state index contributed by atoms with van der Waals surface area (Å²) < 4.78 is 51.0. The first-order chi connectivity index (χ1) is 13.5. The minimum atomic E-state index is -3.65. The molecule has 0 aliphatic heterocycles. The zero-order valence-corrected chi connectivity index (χ0v) is 16.9. The number of halogens is 1. The van der Waals surface area contributed by atoms with Crippen LogP contribution in [-0.4, -0.2) is 27.9 Å². The highest BCUT2D eigenvalue weighted by molar-refractivity contribution is 7.92. The predicted molar refractivity (Wildman–Crippen MR) is 109 cm³/mol. The van der Waals surface area contributed by atoms with Crippen LogP contribution in [0.2, 0.25) is 0 Å². The third-order valence-corrected chi connectivity index (χ3v) is 6.55. The van der Waals surface area contributed by atoms with E-state index in [1.165, 1.54) is 39.9 Å². The number of rotatable bonds is 9. The van der Waals surface area contributed by atoms with Crippen molar-refractivity contribution in [1.29, 1.82) is 0 Å². The van der Waals surface area contributed by atoms with E-state index in [0.29, 0.717) is 17.2 Å². The second-order valence-electron chi connectivity index (χ2n) is 5.90. The number of hydrogen-bond acceptors (Lipinski definition) is 5. The van der Waals surface area contributed by atoms with Gasteiger partial charge in [-0.05, 0) is 60.0 Å². The molecule has 0 saturated carbocycles. The first kappa shape index (κ1) is 20.2. The van der Waals surface area contributed by atoms with Crippen molar-refractivity contribution >= 4 is 27.0 Å². The Hall–Kier alpha value is -2.58. The molecule has 8 heteroatoms. The zero-order chi connectivity index (χ0) is 20.0. The summed E-state index contributed by atoms with van der Waals surface area (Å²) in [4.78, 5) is 0.929. The van der Waals surface area contributed by atoms with Gasteiger partial charge >= 0.3 is 0 Å². The number of sulfonamides is 1. The van der Waals surface area contributed by atoms with Crippen molar-refractivity contribution < 1.29 is 22.3 Å². The van der Waals surface area contributed by atoms with Crippen molar-refractivity contribution in [2.24, 2.45) is 0 Å². The third-order valence-electron chi connectivity index (χ3n) is 4.00. The van der Waals surface area contributed by atoms with Crippen LogP contribution in [0.25, 0.3) is 0 Å². The highest BCUT2D eigenvalue weighted by atomic mass is 32.2. The fraction of sp³-hybridized carbons (Fsp3) is 0.200. The van der Waals surface area contributed by atoms with Gasteiger partial charge in [-0.2, -0.15) is 0 Å². The third kappa shape index (κ3) is 5.24. The Balaban J connectivity index is 1.75. The van der Waals surface area contributed by atoms with Crippen LogP contribution >= 0.6 is 11.3 Å². The molecule has 2 aromatic carbocycles. The van der Waals surface area contributed by atoms with Crippen molar-refractivity contribution in [3.05, 3.63) is 76.7 Å². The fourth-order valence-corrected chi connectivity index (χ4v) is 4.62. The van der Waals surface area contributed by atoms with E-state index in [9.17, 15) is 12.8 Å². The van der Waals surface area contributed by atoms with Gasteiger partial charge < -0.3 is 9.47 Å². The molecule has 0 fully saturated rings. The maximum atomic E-state index is 13.0. The Bertz CT molecular complexity index is 972. The summed E-state index contributed by atoms with van der Waals surface area (Å²) in [6, 6.07) is 16.1. The topological polar surface area (TPSA) is 55.8 Å². The largest absolute Gasteiger partial charge is 0.497 e. The van der Waals surface area contributed by atoms with Crippen LogP contribution in [0.15, 0.2) is 66.0 Å². The number of benzene rings is 2. The summed E-state index contributed by atoms with van der Waals surface area (Å²) in [7, 11) is -2.09. The first-order valence-corrected chi connectivity index (χ1v) is 11.0. The summed E-state index contributed by atoms with van der Waals surface area (Å²) >= 11 is 1.49. The molecule has 5 nitrogen and oxygen atoms in total. The SMILES string of the molecule is COc1ccc(N(Cc2cccs2)S(=O)(=O)CCOc2ccc(F)cc2)cc1. The van der Waals surface area contributed by atoms with E-state index in [0.717, 1.165) is 4.88 Å². The zero-order valence-electron chi connectivity index (χ0n) is 15.2. The average molecular weight is 422 g/mol. The van der Waals surface area contributed by atoms with Crippen LogP contribution in [0.5, 0.6) is 11.5 Å². The predicted octanol–water partition coefficient (Wildman–Crippen LogP) is 4.31. The van der Waals surface area contributed by atoms with Crippen LogP contribution in [-0.2, 0) is 16.6 Å². The molecule has 0 amide bonds. The van der Waals surface area contributed by atoms with Gasteiger partial charge in [0, 0.05) is 4.88 Å². The molecule has 28 heavy (non-hydrogen) atoms. The van der Waals surface area contributed by atoms with Gasteiger partial charge in [-0.25, -0.2) is 12.8 Å². The maximum Gasteiger partial charge on any atom is 0.238 e. The number of hydrogen-bond donors (Lipinski definition) is 0. The first-order valence-electron chi connectivity index (χ1n) is 8.53. The van der Waals surface area contributed by atoms with Crippen LogP contribution < -0.4 is 13.8 Å². The van der Waals surface area contributed by atoms with Crippen LogP contribution in [0.3, 0.4) is 0 Å². The lowest BCUT2D eigenvalue weighted by Gasteiger charge is -2.24. The number of thiophene rings is 1. The summed E-state index contributed by atoms with van der Waals surface area (Å²) in [5.41, 5.74) is 0.552. The molecule has 0 aliphatic carbocycles. The van der Waals surface area contributed by atoms with Gasteiger partial charge in [0.05, 0.1) is 19.3 Å². The molecule has 3 aromatic rings. The standard InChI is InChI=1S/C20H20FNO4S2/c1-25-18-10-6-17(7-11-18)22(15-20-3-2-13-27-20)28(23,24)14-12-26-19-8-4-16(21)5-9-19/h2-11,13H,12,14-15H2,1H3. The Morgan fingerprint density at radius 1 is 1.00 bits per heavy atom. The molecule has 0 radical (unpaired) electrons. The second-order valence-corrected chi connectivity index (χ2v) is 8.95. The molecular weight excluding hydrogens is 401 g/mol. The molecule has 0 aliphatic rings. The summed E-state index contributed by atoms with van der Waals surface area (Å²) in [6.45, 7) is 0.202. The smallest absolute Gasteiger partial charge is 0.238 e. The van der Waals surface area contributed by atoms with Gasteiger partial charge in [0.2, 0.25) is 10.0 Å². The van der Waals surface area contributed by atoms with Crippen molar-refractivity contribution in [1.82, 2.24) is 0 Å². The normalized spacial score (nSPS) is 11.2. The van der Waals surface area contributed by atoms with E-state index >= 15 is 0 Å². The molecule has 0 spiro atoms. The van der Waals surface area contributed by atoms with Gasteiger partial charge in [-0.15, -0.1) is 11.3 Å². The summed E-state index contributed by atoms with van der Waals surface area (Å²) in [6.07, 6.45) is 0. The second kappa shape index (κ2) is 9.07. The van der Waals surface area contributed by atoms with E-state index < -0.39 is 10.0 Å². The van der Waals surface area contributed by atoms with Gasteiger partial charge in [-0.1, -0.05) is 6.07 Å². The molecular formula is C20H20FNO4S2. The van der Waals surface area contributed by atoms with Crippen molar-refractivity contribution in [2.45, 2.75) is 6.54 Å². The number of methoxy groups -OCH3 is 1. The summed E-state index contributed by atoms with van der Waals surface area (Å²) in [5, 5.41) is 1.91. The Labute approximate surface area is 168 Å². The van der Waals surface area contributed by atoms with E-state index in [-0.39, 0.29) is 24.7 Å². The van der Waals surface area contributed by atoms with Gasteiger partial charge in [0.25, 0.3) is 0 Å². The van der Waals surface area contributed by atoms with E-state index in [1.54, 1.807) is 31.4 Å². The fourth-order valence-electron chi connectivity index (χ4n) is 2.55. The molecule has 0 saturated heterocycles. The maximum absolute atomic E-state index is 13.0. The molecule has 0 bridgehead atoms. The Morgan fingerprint density at radius 3 is 2.29 bits per heavy atom. The minimum absolute atomic E-state index is 0.0366. The van der Waals surface area contributed by atoms with E-state index in [4.69, 9.17) is 9.47 Å². The minimum Gasteiger partial charge on any atom is -0.497 e. The van der Waals surface area contributed by atoms with Crippen molar-refractivity contribution in [2.75, 3.05) is 23.8 Å². The van der Waals surface area contributed by atoms with Crippen LogP contribution in [0.4, 0.5) is 10.1 Å². The molecule has 0 atom stereocenters. The monoisotopic (exact) mass is 421 g/mol. The lowest BCUT2D eigenvalue weighted by molar-refractivity contribution is 0.340. The van der Waals surface area contributed by atoms with Gasteiger partial charge in [0.1, 0.15) is 29.7 Å². The Morgan fingerprint density at radius 2 is 1.68 bits per heavy atom. The van der Waals surface area contributed by atoms with Crippen LogP contribution in [0, 0.1) is 5.82 Å². The molecule has 1 heterocycles. The van der Waals surface area contributed by atoms with Crippen molar-refractivity contribution in [3.8, 4) is 11.5 Å². The summed E-state index contributed by atoms with van der Waals surface area (Å²) in [5.74, 6) is 0.492. The lowest BCUT2D eigenvalue weighted by Crippen LogP contribution is -2.34. The van der Waals surface area contributed by atoms with Gasteiger partial charge in [-0.3, -0.25) is 4.31 Å². The van der Waals surface area contributed by atoms with Crippen LogP contribution in [0.1, 0.15) is 4.88 Å². The molecule has 0 N–H and O–H groups in total. The van der Waals surface area contributed by atoms with Gasteiger partial charge in [0.15, 0.2) is 0 Å². The van der Waals surface area contributed by atoms with E-state index in [1.807, 2.05) is 17.5 Å². The highest BCUT2D eigenvalue weighted by Crippen LogP contribution is 2.25. The molecule has 1 aromatic heterocycles. The van der Waals surface area contributed by atoms with Crippen molar-refractivity contribution in [3.63, 3.8) is 0 Å². The number of nitrogens with zero attached hydrogens (tertiary/aromatic N) is 1. The molecule has 148 valence electrons. The molecule has 3 rings (SSSR count). The highest BCUT2D eigenvalue weighted by Gasteiger charge is 2.23.